The second-order valence-electron chi connectivity index (χ2n) is 4.05. The fourth-order valence-electron chi connectivity index (χ4n) is 1.47. The summed E-state index contributed by atoms with van der Waals surface area (Å²) in [5.74, 6) is -0.462. The Morgan fingerprint density at radius 1 is 1.14 bits per heavy atom. The number of anilines is 2. The van der Waals surface area contributed by atoms with E-state index in [0.29, 0.717) is 5.56 Å². The smallest absolute Gasteiger partial charge is 0.364 e. The standard InChI is InChI=1S/C11H9F3N6O/c1-5-4-8(19-20-9(5)10(15)21)16-7-3-2-6(17-18-7)11(12,13)14/h2-4H,1H3,(H2,15,21)(H,16,18,19). The third-order valence-corrected chi connectivity index (χ3v) is 2.43. The number of carbonyl (C=O) groups is 1. The SMILES string of the molecule is Cc1cc(Nc2ccc(C(F)(F)F)nn2)nnc1C(N)=O. The number of nitrogens with one attached hydrogen (secondary N) is 1. The van der Waals surface area contributed by atoms with E-state index >= 15 is 0 Å². The van der Waals surface area contributed by atoms with Crippen LogP contribution in [0.4, 0.5) is 24.8 Å². The zero-order chi connectivity index (χ0) is 15.6. The normalized spacial score (nSPS) is 11.2. The average molecular weight is 298 g/mol. The molecule has 0 aliphatic rings. The molecule has 0 bridgehead atoms. The highest BCUT2D eigenvalue weighted by Gasteiger charge is 2.32. The van der Waals surface area contributed by atoms with Crippen LogP contribution < -0.4 is 11.1 Å². The van der Waals surface area contributed by atoms with Crippen molar-refractivity contribution in [3.8, 4) is 0 Å². The Morgan fingerprint density at radius 3 is 2.29 bits per heavy atom. The minimum absolute atomic E-state index is 0.0130. The van der Waals surface area contributed by atoms with E-state index in [0.717, 1.165) is 12.1 Å². The van der Waals surface area contributed by atoms with Gasteiger partial charge in [0.1, 0.15) is 0 Å². The molecule has 0 fully saturated rings. The van der Waals surface area contributed by atoms with Crippen molar-refractivity contribution in [2.75, 3.05) is 5.32 Å². The quantitative estimate of drug-likeness (QED) is 0.887. The Balaban J connectivity index is 2.19. The molecule has 7 nitrogen and oxygen atoms in total. The molecular weight excluding hydrogens is 289 g/mol. The molecule has 0 atom stereocenters. The van der Waals surface area contributed by atoms with E-state index in [4.69, 9.17) is 5.73 Å². The zero-order valence-corrected chi connectivity index (χ0v) is 10.6. The Bertz CT molecular complexity index is 671. The van der Waals surface area contributed by atoms with Crippen LogP contribution in [-0.4, -0.2) is 26.3 Å². The molecule has 2 aromatic rings. The first-order valence-corrected chi connectivity index (χ1v) is 5.59. The van der Waals surface area contributed by atoms with Gasteiger partial charge in [-0.3, -0.25) is 4.79 Å². The summed E-state index contributed by atoms with van der Waals surface area (Å²) in [5, 5.41) is 16.4. The molecule has 0 radical (unpaired) electrons. The van der Waals surface area contributed by atoms with Gasteiger partial charge < -0.3 is 11.1 Å². The number of hydrogen-bond donors (Lipinski definition) is 2. The van der Waals surface area contributed by atoms with Crippen LogP contribution in [0.25, 0.3) is 0 Å². The van der Waals surface area contributed by atoms with Gasteiger partial charge in [-0.2, -0.15) is 13.2 Å². The Morgan fingerprint density at radius 2 is 1.81 bits per heavy atom. The van der Waals surface area contributed by atoms with E-state index in [1.54, 1.807) is 6.92 Å². The second-order valence-corrected chi connectivity index (χ2v) is 4.05. The van der Waals surface area contributed by atoms with Crippen LogP contribution >= 0.6 is 0 Å². The minimum Gasteiger partial charge on any atom is -0.364 e. The largest absolute Gasteiger partial charge is 0.435 e. The number of carbonyl (C=O) groups excluding carboxylic acids is 1. The highest BCUT2D eigenvalue weighted by molar-refractivity contribution is 5.92. The van der Waals surface area contributed by atoms with E-state index < -0.39 is 17.8 Å². The first-order chi connectivity index (χ1) is 9.77. The third-order valence-electron chi connectivity index (χ3n) is 2.43. The number of alkyl halides is 3. The average Bonchev–Trinajstić information content (AvgIpc) is 2.38. The highest BCUT2D eigenvalue weighted by Crippen LogP contribution is 2.27. The Kier molecular flexibility index (Phi) is 3.70. The van der Waals surface area contributed by atoms with Crippen LogP contribution in [0, 0.1) is 6.92 Å². The molecule has 0 aliphatic heterocycles. The van der Waals surface area contributed by atoms with Crippen LogP contribution in [0.1, 0.15) is 21.7 Å². The number of nitrogens with zero attached hydrogens (tertiary/aromatic N) is 4. The summed E-state index contributed by atoms with van der Waals surface area (Å²) in [5.41, 5.74) is 4.47. The molecule has 0 saturated heterocycles. The molecule has 2 aromatic heterocycles. The van der Waals surface area contributed by atoms with Gasteiger partial charge in [-0.1, -0.05) is 0 Å². The third kappa shape index (κ3) is 3.41. The first-order valence-electron chi connectivity index (χ1n) is 5.59. The maximum Gasteiger partial charge on any atom is 0.435 e. The number of nitrogens with two attached hydrogens (primary N) is 1. The molecule has 110 valence electrons. The Labute approximate surface area is 116 Å². The van der Waals surface area contributed by atoms with Gasteiger partial charge in [0.25, 0.3) is 5.91 Å². The number of amides is 1. The fourth-order valence-corrected chi connectivity index (χ4v) is 1.47. The molecule has 0 aromatic carbocycles. The maximum atomic E-state index is 12.3. The van der Waals surface area contributed by atoms with Crippen molar-refractivity contribution >= 4 is 17.5 Å². The number of primary amides is 1. The van der Waals surface area contributed by atoms with Gasteiger partial charge >= 0.3 is 6.18 Å². The lowest BCUT2D eigenvalue weighted by atomic mass is 10.2. The number of hydrogen-bond acceptors (Lipinski definition) is 6. The molecule has 1 amide bonds. The van der Waals surface area contributed by atoms with Crippen molar-refractivity contribution in [2.24, 2.45) is 5.73 Å². The van der Waals surface area contributed by atoms with Gasteiger partial charge in [-0.25, -0.2) is 0 Å². The van der Waals surface area contributed by atoms with E-state index in [-0.39, 0.29) is 17.3 Å². The maximum absolute atomic E-state index is 12.3. The van der Waals surface area contributed by atoms with E-state index in [1.807, 2.05) is 0 Å². The molecule has 2 rings (SSSR count). The number of rotatable bonds is 3. The summed E-state index contributed by atoms with van der Waals surface area (Å²) in [6, 6.07) is 3.36. The summed E-state index contributed by atoms with van der Waals surface area (Å²) in [6.45, 7) is 1.60. The zero-order valence-electron chi connectivity index (χ0n) is 10.6. The first kappa shape index (κ1) is 14.6. The number of halogens is 3. The van der Waals surface area contributed by atoms with E-state index in [2.05, 4.69) is 25.7 Å². The molecule has 2 heterocycles. The van der Waals surface area contributed by atoms with Crippen molar-refractivity contribution in [3.05, 3.63) is 35.2 Å². The van der Waals surface area contributed by atoms with Crippen LogP contribution in [0.15, 0.2) is 18.2 Å². The summed E-state index contributed by atoms with van der Waals surface area (Å²) in [4.78, 5) is 11.0. The minimum atomic E-state index is -4.55. The van der Waals surface area contributed by atoms with Gasteiger partial charge in [0.15, 0.2) is 23.0 Å². The fraction of sp³-hybridized carbons (Fsp3) is 0.182. The van der Waals surface area contributed by atoms with Crippen molar-refractivity contribution in [3.63, 3.8) is 0 Å². The van der Waals surface area contributed by atoms with Gasteiger partial charge in [-0.05, 0) is 30.7 Å². The van der Waals surface area contributed by atoms with Crippen molar-refractivity contribution in [2.45, 2.75) is 13.1 Å². The topological polar surface area (TPSA) is 107 Å². The number of aryl methyl sites for hydroxylation is 1. The molecule has 0 unspecified atom stereocenters. The summed E-state index contributed by atoms with van der Waals surface area (Å²) >= 11 is 0. The van der Waals surface area contributed by atoms with Gasteiger partial charge in [0.05, 0.1) is 0 Å². The van der Waals surface area contributed by atoms with Crippen molar-refractivity contribution in [1.29, 1.82) is 0 Å². The van der Waals surface area contributed by atoms with Gasteiger partial charge in [-0.15, -0.1) is 20.4 Å². The summed E-state index contributed by atoms with van der Waals surface area (Å²) < 4.78 is 37.0. The molecule has 10 heteroatoms. The van der Waals surface area contributed by atoms with E-state index in [1.165, 1.54) is 6.07 Å². The monoisotopic (exact) mass is 298 g/mol. The lowest BCUT2D eigenvalue weighted by molar-refractivity contribution is -0.141. The van der Waals surface area contributed by atoms with Crippen molar-refractivity contribution < 1.29 is 18.0 Å². The van der Waals surface area contributed by atoms with Crippen LogP contribution in [0.5, 0.6) is 0 Å². The van der Waals surface area contributed by atoms with Crippen LogP contribution in [0.2, 0.25) is 0 Å². The Hall–Kier alpha value is -2.78. The highest BCUT2D eigenvalue weighted by atomic mass is 19.4. The summed E-state index contributed by atoms with van der Waals surface area (Å²) in [6.07, 6.45) is -4.55. The lowest BCUT2D eigenvalue weighted by Gasteiger charge is -2.07. The predicted molar refractivity (Wildman–Crippen MR) is 65.6 cm³/mol. The molecule has 0 aliphatic carbocycles. The lowest BCUT2D eigenvalue weighted by Crippen LogP contribution is -2.16. The van der Waals surface area contributed by atoms with Gasteiger partial charge in [0.2, 0.25) is 0 Å². The van der Waals surface area contributed by atoms with Crippen molar-refractivity contribution in [1.82, 2.24) is 20.4 Å². The molecule has 3 N–H and O–H groups in total. The number of aromatic nitrogens is 4. The molecule has 0 spiro atoms. The van der Waals surface area contributed by atoms with Crippen LogP contribution in [0.3, 0.4) is 0 Å². The van der Waals surface area contributed by atoms with E-state index in [9.17, 15) is 18.0 Å². The molecular formula is C11H9F3N6O. The second kappa shape index (κ2) is 5.31. The summed E-state index contributed by atoms with van der Waals surface area (Å²) in [7, 11) is 0. The molecule has 0 saturated carbocycles. The van der Waals surface area contributed by atoms with Crippen LogP contribution in [-0.2, 0) is 6.18 Å². The molecule has 21 heavy (non-hydrogen) atoms. The van der Waals surface area contributed by atoms with Gasteiger partial charge in [0, 0.05) is 0 Å². The predicted octanol–water partition coefficient (Wildman–Crippen LogP) is 1.44.